The topological polar surface area (TPSA) is 56.1 Å². The van der Waals surface area contributed by atoms with Gasteiger partial charge in [0.25, 0.3) is 0 Å². The molecule has 3 atom stereocenters. The maximum absolute atomic E-state index is 13.0. The fourth-order valence-electron chi connectivity index (χ4n) is 7.20. The largest absolute Gasteiger partial charge is 0.414 e. The zero-order valence-electron chi connectivity index (χ0n) is 18.4. The highest BCUT2D eigenvalue weighted by Gasteiger charge is 2.60. The summed E-state index contributed by atoms with van der Waals surface area (Å²) in [5.41, 5.74) is 2.87. The number of fused-ring (bicyclic) bond motifs is 3. The van der Waals surface area contributed by atoms with Gasteiger partial charge in [-0.15, -0.1) is 5.10 Å². The first-order valence-corrected chi connectivity index (χ1v) is 12.0. The van der Waals surface area contributed by atoms with Crippen LogP contribution in [-0.2, 0) is 12.8 Å². The first-order chi connectivity index (χ1) is 13.9. The Bertz CT molecular complexity index is 788. The first kappa shape index (κ1) is 19.4. The van der Waals surface area contributed by atoms with Crippen LogP contribution in [0.25, 0.3) is 0 Å². The van der Waals surface area contributed by atoms with Gasteiger partial charge in [0.05, 0.1) is 6.04 Å². The van der Waals surface area contributed by atoms with Crippen molar-refractivity contribution in [3.8, 4) is 5.88 Å². The summed E-state index contributed by atoms with van der Waals surface area (Å²) in [6, 6.07) is 0.669. The van der Waals surface area contributed by atoms with Crippen molar-refractivity contribution < 1.29 is 9.53 Å². The zero-order valence-corrected chi connectivity index (χ0v) is 18.4. The minimum Gasteiger partial charge on any atom is -0.389 e. The van der Waals surface area contributed by atoms with Crippen molar-refractivity contribution in [1.82, 2.24) is 15.1 Å². The van der Waals surface area contributed by atoms with Gasteiger partial charge in [0.1, 0.15) is 0 Å². The molecule has 3 saturated carbocycles. The van der Waals surface area contributed by atoms with E-state index in [4.69, 9.17) is 9.84 Å². The molecule has 5 rings (SSSR count). The highest BCUT2D eigenvalue weighted by atomic mass is 16.6. The Kier molecular flexibility index (Phi) is 4.71. The lowest BCUT2D eigenvalue weighted by Gasteiger charge is -2.42. The second-order valence-electron chi connectivity index (χ2n) is 11.1. The predicted molar refractivity (Wildman–Crippen MR) is 113 cm³/mol. The second-order valence-corrected chi connectivity index (χ2v) is 11.1. The number of carbonyl (C=O) groups is 1. The summed E-state index contributed by atoms with van der Waals surface area (Å²) in [7, 11) is 0. The normalized spacial score (nSPS) is 33.5. The molecule has 0 aliphatic heterocycles. The maximum Gasteiger partial charge on any atom is 0.414 e. The Hall–Kier alpha value is -1.52. The molecule has 3 unspecified atom stereocenters. The molecule has 160 valence electrons. The van der Waals surface area contributed by atoms with Crippen LogP contribution in [0.2, 0.25) is 0 Å². The molecule has 29 heavy (non-hydrogen) atoms. The van der Waals surface area contributed by atoms with Gasteiger partial charge < -0.3 is 10.1 Å². The summed E-state index contributed by atoms with van der Waals surface area (Å²) in [5.74, 6) is 1.29. The molecule has 4 aliphatic rings. The third-order valence-electron chi connectivity index (χ3n) is 8.81. The van der Waals surface area contributed by atoms with Crippen LogP contribution in [0.5, 0.6) is 5.88 Å². The number of amides is 1. The monoisotopic (exact) mass is 399 g/mol. The van der Waals surface area contributed by atoms with Gasteiger partial charge in [-0.25, -0.2) is 4.79 Å². The third kappa shape index (κ3) is 3.19. The van der Waals surface area contributed by atoms with Crippen LogP contribution in [0.1, 0.15) is 102 Å². The van der Waals surface area contributed by atoms with Gasteiger partial charge in [-0.2, -0.15) is 0 Å². The third-order valence-corrected chi connectivity index (χ3v) is 8.81. The van der Waals surface area contributed by atoms with Crippen molar-refractivity contribution in [3.05, 3.63) is 11.3 Å². The number of hydrogen-bond donors (Lipinski definition) is 1. The lowest BCUT2D eigenvalue weighted by Crippen LogP contribution is -2.53. The van der Waals surface area contributed by atoms with E-state index >= 15 is 0 Å². The smallest absolute Gasteiger partial charge is 0.389 e. The molecular formula is C24H37N3O2. The zero-order chi connectivity index (χ0) is 20.2. The fourth-order valence-corrected chi connectivity index (χ4v) is 7.20. The molecule has 0 aromatic carbocycles. The van der Waals surface area contributed by atoms with Crippen LogP contribution in [0.15, 0.2) is 0 Å². The van der Waals surface area contributed by atoms with E-state index in [0.29, 0.717) is 17.8 Å². The minimum atomic E-state index is -0.306. The molecule has 1 aromatic heterocycles. The van der Waals surface area contributed by atoms with Crippen molar-refractivity contribution in [2.75, 3.05) is 0 Å². The van der Waals surface area contributed by atoms with Gasteiger partial charge in [-0.1, -0.05) is 40.0 Å². The van der Waals surface area contributed by atoms with Gasteiger partial charge in [0.2, 0.25) is 5.88 Å². The quantitative estimate of drug-likeness (QED) is 0.676. The van der Waals surface area contributed by atoms with Crippen LogP contribution in [-0.4, -0.2) is 21.9 Å². The molecule has 1 heterocycles. The predicted octanol–water partition coefficient (Wildman–Crippen LogP) is 5.57. The van der Waals surface area contributed by atoms with E-state index in [9.17, 15) is 4.79 Å². The van der Waals surface area contributed by atoms with Crippen molar-refractivity contribution in [3.63, 3.8) is 0 Å². The minimum absolute atomic E-state index is 0.131. The molecule has 1 amide bonds. The van der Waals surface area contributed by atoms with Gasteiger partial charge in [-0.05, 0) is 74.5 Å². The van der Waals surface area contributed by atoms with Crippen LogP contribution in [0.4, 0.5) is 4.79 Å². The van der Waals surface area contributed by atoms with Gasteiger partial charge in [0, 0.05) is 17.3 Å². The number of aromatic nitrogens is 2. The van der Waals surface area contributed by atoms with Crippen molar-refractivity contribution in [2.45, 2.75) is 110 Å². The summed E-state index contributed by atoms with van der Waals surface area (Å²) < 4.78 is 8.17. The van der Waals surface area contributed by atoms with Crippen LogP contribution in [0.3, 0.4) is 0 Å². The number of carbonyl (C=O) groups excluding carboxylic acids is 1. The lowest BCUT2D eigenvalue weighted by molar-refractivity contribution is 0.103. The van der Waals surface area contributed by atoms with E-state index in [-0.39, 0.29) is 23.0 Å². The van der Waals surface area contributed by atoms with Crippen LogP contribution in [0, 0.1) is 16.7 Å². The van der Waals surface area contributed by atoms with E-state index in [0.717, 1.165) is 19.3 Å². The van der Waals surface area contributed by atoms with E-state index in [1.807, 2.05) is 0 Å². The molecular weight excluding hydrogens is 362 g/mol. The lowest BCUT2D eigenvalue weighted by atomic mass is 9.68. The number of rotatable bonds is 3. The number of ether oxygens (including phenoxy) is 1. The highest BCUT2D eigenvalue weighted by molar-refractivity contribution is 5.71. The van der Waals surface area contributed by atoms with E-state index in [1.165, 1.54) is 69.0 Å². The molecule has 1 N–H and O–H groups in total. The molecule has 5 heteroatoms. The number of hydrogen-bond acceptors (Lipinski definition) is 3. The fraction of sp³-hybridized carbons (Fsp3) is 0.833. The summed E-state index contributed by atoms with van der Waals surface area (Å²) in [6.07, 6.45) is 14.1. The summed E-state index contributed by atoms with van der Waals surface area (Å²) >= 11 is 0. The Morgan fingerprint density at radius 2 is 1.83 bits per heavy atom. The van der Waals surface area contributed by atoms with Gasteiger partial charge in [-0.3, -0.25) is 4.68 Å². The summed E-state index contributed by atoms with van der Waals surface area (Å²) in [5, 5.41) is 8.15. The maximum atomic E-state index is 13.0. The summed E-state index contributed by atoms with van der Waals surface area (Å²) in [4.78, 5) is 13.0. The van der Waals surface area contributed by atoms with Crippen molar-refractivity contribution in [2.24, 2.45) is 16.7 Å². The molecule has 2 bridgehead atoms. The molecule has 3 fully saturated rings. The summed E-state index contributed by atoms with van der Waals surface area (Å²) in [6.45, 7) is 6.97. The Morgan fingerprint density at radius 3 is 2.55 bits per heavy atom. The van der Waals surface area contributed by atoms with E-state index < -0.39 is 0 Å². The first-order valence-electron chi connectivity index (χ1n) is 12.0. The van der Waals surface area contributed by atoms with Gasteiger partial charge in [0.15, 0.2) is 0 Å². The molecule has 0 saturated heterocycles. The molecule has 4 aliphatic carbocycles. The standard InChI is InChI=1S/C24H37N3O2/c1-23(2)16-13-14-24(3,15-16)21(23)25-22(28)29-20-18-11-5-4-6-12-19(18)27(26-20)17-9-7-8-10-17/h16-17,21H,4-15H2,1-3H3,(H,25,28). The van der Waals surface area contributed by atoms with Crippen molar-refractivity contribution in [1.29, 1.82) is 0 Å². The number of nitrogens with zero attached hydrogens (tertiary/aromatic N) is 2. The highest BCUT2D eigenvalue weighted by Crippen LogP contribution is 2.62. The van der Waals surface area contributed by atoms with Crippen LogP contribution >= 0.6 is 0 Å². The average Bonchev–Trinajstić information content (AvgIpc) is 3.39. The van der Waals surface area contributed by atoms with Crippen molar-refractivity contribution >= 4 is 6.09 Å². The van der Waals surface area contributed by atoms with Crippen LogP contribution < -0.4 is 10.1 Å². The number of nitrogens with one attached hydrogen (secondary N) is 1. The Balaban J connectivity index is 1.37. The second kappa shape index (κ2) is 7.02. The average molecular weight is 400 g/mol. The molecule has 1 aromatic rings. The van der Waals surface area contributed by atoms with Gasteiger partial charge >= 0.3 is 6.09 Å². The SMILES string of the molecule is CC12CCC(C1)C(C)(C)C2NC(=O)Oc1nn(C2CCCC2)c2c1CCCCC2. The Morgan fingerprint density at radius 1 is 1.07 bits per heavy atom. The molecule has 0 spiro atoms. The molecule has 0 radical (unpaired) electrons. The Labute approximate surface area is 175 Å². The van der Waals surface area contributed by atoms with E-state index in [2.05, 4.69) is 30.8 Å². The molecule has 5 nitrogen and oxygen atoms in total. The van der Waals surface area contributed by atoms with E-state index in [1.54, 1.807) is 0 Å².